The van der Waals surface area contributed by atoms with Gasteiger partial charge in [-0.1, -0.05) is 20.8 Å². The third kappa shape index (κ3) is 4.44. The van der Waals surface area contributed by atoms with Crippen LogP contribution in [-0.4, -0.2) is 36.1 Å². The van der Waals surface area contributed by atoms with Crippen LogP contribution >= 0.6 is 0 Å². The van der Waals surface area contributed by atoms with E-state index in [0.717, 1.165) is 26.1 Å². The monoisotopic (exact) mass is 235 g/mol. The van der Waals surface area contributed by atoms with Crippen molar-refractivity contribution in [2.45, 2.75) is 27.2 Å². The van der Waals surface area contributed by atoms with Crippen LogP contribution in [0, 0.1) is 5.41 Å². The van der Waals surface area contributed by atoms with E-state index >= 15 is 0 Å². The standard InChI is InChI=1S/C14H25N3/c1-4-17(5-2)12-14(3,11-15)10-13-6-8-16-9-7-13/h6-9H,4-5,10-12,15H2,1-3H3. The third-order valence-corrected chi connectivity index (χ3v) is 3.37. The highest BCUT2D eigenvalue weighted by atomic mass is 15.1. The first-order chi connectivity index (χ1) is 8.13. The molecule has 0 aliphatic carbocycles. The fourth-order valence-electron chi connectivity index (χ4n) is 2.17. The maximum Gasteiger partial charge on any atom is 0.0270 e. The van der Waals surface area contributed by atoms with Gasteiger partial charge in [0.1, 0.15) is 0 Å². The van der Waals surface area contributed by atoms with Crippen molar-refractivity contribution in [3.05, 3.63) is 30.1 Å². The van der Waals surface area contributed by atoms with Crippen molar-refractivity contribution in [3.63, 3.8) is 0 Å². The molecule has 0 aromatic carbocycles. The SMILES string of the molecule is CCN(CC)CC(C)(CN)Cc1ccncc1. The fraction of sp³-hybridized carbons (Fsp3) is 0.643. The van der Waals surface area contributed by atoms with Crippen LogP contribution in [-0.2, 0) is 6.42 Å². The minimum atomic E-state index is 0.146. The van der Waals surface area contributed by atoms with Gasteiger partial charge in [0.2, 0.25) is 0 Å². The van der Waals surface area contributed by atoms with E-state index in [1.165, 1.54) is 5.56 Å². The summed E-state index contributed by atoms with van der Waals surface area (Å²) in [5.74, 6) is 0. The Kier molecular flexibility index (Phi) is 5.59. The Morgan fingerprint density at radius 3 is 2.29 bits per heavy atom. The van der Waals surface area contributed by atoms with Gasteiger partial charge in [0.25, 0.3) is 0 Å². The highest BCUT2D eigenvalue weighted by Gasteiger charge is 2.25. The lowest BCUT2D eigenvalue weighted by Gasteiger charge is -2.34. The number of aromatic nitrogens is 1. The average molecular weight is 235 g/mol. The van der Waals surface area contributed by atoms with Gasteiger partial charge in [0.15, 0.2) is 0 Å². The van der Waals surface area contributed by atoms with Gasteiger partial charge in [-0.05, 0) is 49.2 Å². The number of pyridine rings is 1. The van der Waals surface area contributed by atoms with Crippen LogP contribution in [0.5, 0.6) is 0 Å². The van der Waals surface area contributed by atoms with E-state index < -0.39 is 0 Å². The second-order valence-electron chi connectivity index (χ2n) is 5.01. The van der Waals surface area contributed by atoms with E-state index in [4.69, 9.17) is 5.73 Å². The number of rotatable bonds is 7. The van der Waals surface area contributed by atoms with Crippen molar-refractivity contribution >= 4 is 0 Å². The highest BCUT2D eigenvalue weighted by Crippen LogP contribution is 2.22. The Morgan fingerprint density at radius 2 is 1.82 bits per heavy atom. The lowest BCUT2D eigenvalue weighted by molar-refractivity contribution is 0.181. The molecule has 1 rings (SSSR count). The minimum absolute atomic E-state index is 0.146. The van der Waals surface area contributed by atoms with Crippen LogP contribution < -0.4 is 5.73 Å². The van der Waals surface area contributed by atoms with Gasteiger partial charge in [-0.2, -0.15) is 0 Å². The molecule has 1 aromatic heterocycles. The molecule has 3 nitrogen and oxygen atoms in total. The maximum atomic E-state index is 5.97. The second kappa shape index (κ2) is 6.72. The molecule has 1 atom stereocenters. The molecule has 0 aliphatic rings. The summed E-state index contributed by atoms with van der Waals surface area (Å²) in [5.41, 5.74) is 7.44. The predicted octanol–water partition coefficient (Wildman–Crippen LogP) is 1.93. The lowest BCUT2D eigenvalue weighted by Crippen LogP contribution is -2.42. The maximum absolute atomic E-state index is 5.97. The zero-order chi connectivity index (χ0) is 12.7. The largest absolute Gasteiger partial charge is 0.330 e. The van der Waals surface area contributed by atoms with Crippen molar-refractivity contribution in [1.82, 2.24) is 9.88 Å². The summed E-state index contributed by atoms with van der Waals surface area (Å²) in [4.78, 5) is 6.49. The highest BCUT2D eigenvalue weighted by molar-refractivity contribution is 5.12. The Labute approximate surface area is 105 Å². The molecular weight excluding hydrogens is 210 g/mol. The summed E-state index contributed by atoms with van der Waals surface area (Å²) in [6, 6.07) is 4.16. The molecule has 0 fully saturated rings. The summed E-state index contributed by atoms with van der Waals surface area (Å²) in [6.07, 6.45) is 4.72. The second-order valence-corrected chi connectivity index (χ2v) is 5.01. The molecule has 96 valence electrons. The summed E-state index contributed by atoms with van der Waals surface area (Å²) in [6.45, 7) is 10.6. The number of hydrogen-bond acceptors (Lipinski definition) is 3. The summed E-state index contributed by atoms with van der Waals surface area (Å²) >= 11 is 0. The van der Waals surface area contributed by atoms with Crippen molar-refractivity contribution in [3.8, 4) is 0 Å². The van der Waals surface area contributed by atoms with Crippen LogP contribution in [0.3, 0.4) is 0 Å². The molecule has 3 heteroatoms. The molecule has 0 amide bonds. The van der Waals surface area contributed by atoms with E-state index in [1.54, 1.807) is 0 Å². The zero-order valence-corrected chi connectivity index (χ0v) is 11.3. The average Bonchev–Trinajstić information content (AvgIpc) is 2.37. The van der Waals surface area contributed by atoms with Crippen molar-refractivity contribution in [2.24, 2.45) is 11.1 Å². The lowest BCUT2D eigenvalue weighted by atomic mass is 9.83. The van der Waals surface area contributed by atoms with E-state index in [-0.39, 0.29) is 5.41 Å². The topological polar surface area (TPSA) is 42.1 Å². The number of nitrogens with two attached hydrogens (primary N) is 1. The molecule has 0 aliphatic heterocycles. The zero-order valence-electron chi connectivity index (χ0n) is 11.3. The van der Waals surface area contributed by atoms with Gasteiger partial charge < -0.3 is 10.6 Å². The van der Waals surface area contributed by atoms with Gasteiger partial charge in [0, 0.05) is 18.9 Å². The molecule has 2 N–H and O–H groups in total. The minimum Gasteiger partial charge on any atom is -0.330 e. The first-order valence-corrected chi connectivity index (χ1v) is 6.45. The summed E-state index contributed by atoms with van der Waals surface area (Å²) in [5, 5.41) is 0. The summed E-state index contributed by atoms with van der Waals surface area (Å²) in [7, 11) is 0. The smallest absolute Gasteiger partial charge is 0.0270 e. The molecule has 1 aromatic rings. The van der Waals surface area contributed by atoms with Crippen LogP contribution in [0.2, 0.25) is 0 Å². The van der Waals surface area contributed by atoms with Gasteiger partial charge >= 0.3 is 0 Å². The molecule has 0 radical (unpaired) electrons. The van der Waals surface area contributed by atoms with Gasteiger partial charge in [-0.25, -0.2) is 0 Å². The van der Waals surface area contributed by atoms with Gasteiger partial charge in [-0.3, -0.25) is 4.98 Å². The Bertz CT molecular complexity index is 309. The van der Waals surface area contributed by atoms with E-state index in [0.29, 0.717) is 6.54 Å². The third-order valence-electron chi connectivity index (χ3n) is 3.37. The first kappa shape index (κ1) is 14.1. The molecule has 0 spiro atoms. The van der Waals surface area contributed by atoms with Crippen LogP contribution in [0.25, 0.3) is 0 Å². The Hall–Kier alpha value is -0.930. The van der Waals surface area contributed by atoms with E-state index in [9.17, 15) is 0 Å². The molecule has 1 unspecified atom stereocenters. The van der Waals surface area contributed by atoms with Crippen molar-refractivity contribution < 1.29 is 0 Å². The molecule has 17 heavy (non-hydrogen) atoms. The van der Waals surface area contributed by atoms with Crippen molar-refractivity contribution in [2.75, 3.05) is 26.2 Å². The number of nitrogens with zero attached hydrogens (tertiary/aromatic N) is 2. The van der Waals surface area contributed by atoms with Gasteiger partial charge in [-0.15, -0.1) is 0 Å². The number of hydrogen-bond donors (Lipinski definition) is 1. The predicted molar refractivity (Wildman–Crippen MR) is 72.9 cm³/mol. The Balaban J connectivity index is 2.68. The van der Waals surface area contributed by atoms with Crippen LogP contribution in [0.1, 0.15) is 26.3 Å². The van der Waals surface area contributed by atoms with Crippen LogP contribution in [0.15, 0.2) is 24.5 Å². The normalized spacial score (nSPS) is 14.9. The van der Waals surface area contributed by atoms with Crippen molar-refractivity contribution in [1.29, 1.82) is 0 Å². The van der Waals surface area contributed by atoms with Crippen LogP contribution in [0.4, 0.5) is 0 Å². The fourth-order valence-corrected chi connectivity index (χ4v) is 2.17. The Morgan fingerprint density at radius 1 is 1.24 bits per heavy atom. The quantitative estimate of drug-likeness (QED) is 0.785. The molecule has 0 bridgehead atoms. The summed E-state index contributed by atoms with van der Waals surface area (Å²) < 4.78 is 0. The first-order valence-electron chi connectivity index (χ1n) is 6.45. The van der Waals surface area contributed by atoms with Gasteiger partial charge in [0.05, 0.1) is 0 Å². The van der Waals surface area contributed by atoms with E-state index in [2.05, 4.69) is 42.8 Å². The molecule has 0 saturated heterocycles. The van der Waals surface area contributed by atoms with E-state index in [1.807, 2.05) is 12.4 Å². The molecular formula is C14H25N3. The molecule has 1 heterocycles. The molecule has 0 saturated carbocycles.